The first kappa shape index (κ1) is 8.06. The van der Waals surface area contributed by atoms with E-state index in [4.69, 9.17) is 0 Å². The maximum atomic E-state index is 11.7. The van der Waals surface area contributed by atoms with Crippen LogP contribution in [0.1, 0.15) is 15.4 Å². The molecule has 66 valence electrons. The highest BCUT2D eigenvalue weighted by Gasteiger charge is 2.14. The van der Waals surface area contributed by atoms with E-state index >= 15 is 0 Å². The van der Waals surface area contributed by atoms with Gasteiger partial charge < -0.3 is 0 Å². The van der Waals surface area contributed by atoms with Crippen molar-refractivity contribution in [2.24, 2.45) is 7.05 Å². The summed E-state index contributed by atoms with van der Waals surface area (Å²) in [5, 5.41) is 7.51. The van der Waals surface area contributed by atoms with Crippen LogP contribution in [0.25, 0.3) is 0 Å². The molecule has 0 aliphatic carbocycles. The highest BCUT2D eigenvalue weighted by molar-refractivity contribution is 7.08. The summed E-state index contributed by atoms with van der Waals surface area (Å²) in [7, 11) is 1.72. The number of nitrogens with zero attached hydrogens (tertiary/aromatic N) is 4. The van der Waals surface area contributed by atoms with Crippen LogP contribution in [0.2, 0.25) is 0 Å². The lowest BCUT2D eigenvalue weighted by Crippen LogP contribution is -2.06. The fourth-order valence-electron chi connectivity index (χ4n) is 0.990. The largest absolute Gasteiger partial charge is 0.286 e. The molecule has 0 amide bonds. The monoisotopic (exact) mass is 194 g/mol. The molecule has 0 atom stereocenters. The standard InChI is InChI=1S/C7H6N4OS/c1-11-5(2-3-9-11)7(12)6-4-8-10-13-6/h2-4H,1H3. The molecule has 5 nitrogen and oxygen atoms in total. The number of rotatable bonds is 2. The minimum Gasteiger partial charge on any atom is -0.286 e. The van der Waals surface area contributed by atoms with Crippen molar-refractivity contribution in [2.45, 2.75) is 0 Å². The summed E-state index contributed by atoms with van der Waals surface area (Å²) < 4.78 is 5.15. The number of ketones is 1. The van der Waals surface area contributed by atoms with Gasteiger partial charge in [0.05, 0.1) is 6.20 Å². The summed E-state index contributed by atoms with van der Waals surface area (Å²) in [4.78, 5) is 12.2. The molecule has 0 saturated carbocycles. The fourth-order valence-corrected chi connectivity index (χ4v) is 1.45. The van der Waals surface area contributed by atoms with Gasteiger partial charge in [-0.15, -0.1) is 5.10 Å². The van der Waals surface area contributed by atoms with Gasteiger partial charge in [0.25, 0.3) is 0 Å². The molecule has 0 radical (unpaired) electrons. The van der Waals surface area contributed by atoms with E-state index in [2.05, 4.69) is 14.7 Å². The fraction of sp³-hybridized carbons (Fsp3) is 0.143. The second-order valence-electron chi connectivity index (χ2n) is 2.45. The Labute approximate surface area is 78.2 Å². The SMILES string of the molecule is Cn1nccc1C(=O)c1cnns1. The van der Waals surface area contributed by atoms with Crippen LogP contribution in [0.4, 0.5) is 0 Å². The van der Waals surface area contributed by atoms with Crippen molar-refractivity contribution >= 4 is 17.3 Å². The molecule has 0 N–H and O–H groups in total. The first-order valence-corrected chi connectivity index (χ1v) is 4.36. The highest BCUT2D eigenvalue weighted by Crippen LogP contribution is 2.09. The molecule has 2 rings (SSSR count). The minimum absolute atomic E-state index is 0.0880. The van der Waals surface area contributed by atoms with Crippen molar-refractivity contribution in [3.63, 3.8) is 0 Å². The van der Waals surface area contributed by atoms with Gasteiger partial charge in [-0.25, -0.2) is 0 Å². The van der Waals surface area contributed by atoms with E-state index in [0.29, 0.717) is 10.6 Å². The van der Waals surface area contributed by atoms with Crippen molar-refractivity contribution in [3.05, 3.63) is 29.0 Å². The van der Waals surface area contributed by atoms with E-state index in [1.54, 1.807) is 19.3 Å². The van der Waals surface area contributed by atoms with Gasteiger partial charge in [-0.1, -0.05) is 4.49 Å². The minimum atomic E-state index is -0.0880. The van der Waals surface area contributed by atoms with Crippen molar-refractivity contribution in [1.82, 2.24) is 19.4 Å². The normalized spacial score (nSPS) is 10.2. The molecule has 0 saturated heterocycles. The van der Waals surface area contributed by atoms with Gasteiger partial charge in [-0.05, 0) is 17.6 Å². The van der Waals surface area contributed by atoms with Gasteiger partial charge in [0.1, 0.15) is 10.6 Å². The lowest BCUT2D eigenvalue weighted by atomic mass is 10.2. The van der Waals surface area contributed by atoms with Crippen molar-refractivity contribution in [3.8, 4) is 0 Å². The van der Waals surface area contributed by atoms with E-state index in [0.717, 1.165) is 11.5 Å². The average molecular weight is 194 g/mol. The second-order valence-corrected chi connectivity index (χ2v) is 3.24. The number of hydrogen-bond acceptors (Lipinski definition) is 5. The van der Waals surface area contributed by atoms with Crippen LogP contribution in [-0.4, -0.2) is 25.2 Å². The van der Waals surface area contributed by atoms with Gasteiger partial charge in [0.2, 0.25) is 5.78 Å². The molecular formula is C7H6N4OS. The van der Waals surface area contributed by atoms with Crippen molar-refractivity contribution < 1.29 is 4.79 Å². The second kappa shape index (κ2) is 3.06. The van der Waals surface area contributed by atoms with E-state index in [1.165, 1.54) is 10.9 Å². The van der Waals surface area contributed by atoms with Crippen LogP contribution >= 0.6 is 11.5 Å². The van der Waals surface area contributed by atoms with Crippen LogP contribution in [0.5, 0.6) is 0 Å². The lowest BCUT2D eigenvalue weighted by Gasteiger charge is -1.95. The zero-order valence-electron chi connectivity index (χ0n) is 6.84. The number of carbonyl (C=O) groups is 1. The number of aromatic nitrogens is 4. The lowest BCUT2D eigenvalue weighted by molar-refractivity contribution is 0.103. The van der Waals surface area contributed by atoms with Crippen LogP contribution in [-0.2, 0) is 7.05 Å². The molecule has 0 aromatic carbocycles. The first-order valence-electron chi connectivity index (χ1n) is 3.59. The van der Waals surface area contributed by atoms with E-state index in [-0.39, 0.29) is 5.78 Å². The third-order valence-corrected chi connectivity index (χ3v) is 2.30. The number of aryl methyl sites for hydroxylation is 1. The summed E-state index contributed by atoms with van der Waals surface area (Å²) in [5.74, 6) is -0.0880. The third-order valence-electron chi connectivity index (χ3n) is 1.64. The van der Waals surface area contributed by atoms with Crippen LogP contribution in [0.15, 0.2) is 18.5 Å². The Morgan fingerprint density at radius 3 is 3.00 bits per heavy atom. The molecular weight excluding hydrogens is 188 g/mol. The Morgan fingerprint density at radius 2 is 2.46 bits per heavy atom. The Bertz CT molecular complexity index is 419. The summed E-state index contributed by atoms with van der Waals surface area (Å²) in [6.45, 7) is 0. The van der Waals surface area contributed by atoms with Crippen molar-refractivity contribution in [2.75, 3.05) is 0 Å². The highest BCUT2D eigenvalue weighted by atomic mass is 32.1. The molecule has 0 fully saturated rings. The maximum Gasteiger partial charge on any atom is 0.224 e. The number of carbonyl (C=O) groups excluding carboxylic acids is 1. The predicted molar refractivity (Wildman–Crippen MR) is 46.5 cm³/mol. The Kier molecular flexibility index (Phi) is 1.90. The molecule has 0 bridgehead atoms. The Balaban J connectivity index is 2.39. The van der Waals surface area contributed by atoms with E-state index < -0.39 is 0 Å². The molecule has 0 spiro atoms. The molecule has 0 aliphatic rings. The Hall–Kier alpha value is -1.56. The number of hydrogen-bond donors (Lipinski definition) is 0. The van der Waals surface area contributed by atoms with Gasteiger partial charge >= 0.3 is 0 Å². The average Bonchev–Trinajstić information content (AvgIpc) is 2.72. The molecule has 2 aromatic rings. The summed E-state index contributed by atoms with van der Waals surface area (Å²) in [6.07, 6.45) is 3.04. The molecule has 0 unspecified atom stereocenters. The van der Waals surface area contributed by atoms with E-state index in [1.807, 2.05) is 0 Å². The molecule has 2 aromatic heterocycles. The van der Waals surface area contributed by atoms with Gasteiger partial charge in [-0.2, -0.15) is 5.10 Å². The van der Waals surface area contributed by atoms with Crippen LogP contribution < -0.4 is 0 Å². The predicted octanol–water partition coefficient (Wildman–Crippen LogP) is 0.503. The smallest absolute Gasteiger partial charge is 0.224 e. The quantitative estimate of drug-likeness (QED) is 0.653. The van der Waals surface area contributed by atoms with Crippen LogP contribution in [0.3, 0.4) is 0 Å². The van der Waals surface area contributed by atoms with E-state index in [9.17, 15) is 4.79 Å². The van der Waals surface area contributed by atoms with Gasteiger partial charge in [0.15, 0.2) is 0 Å². The third kappa shape index (κ3) is 1.35. The van der Waals surface area contributed by atoms with Gasteiger partial charge in [0, 0.05) is 13.2 Å². The topological polar surface area (TPSA) is 60.7 Å². The maximum absolute atomic E-state index is 11.7. The Morgan fingerprint density at radius 1 is 1.62 bits per heavy atom. The van der Waals surface area contributed by atoms with Crippen LogP contribution in [0, 0.1) is 0 Å². The first-order chi connectivity index (χ1) is 6.29. The molecule has 0 aliphatic heterocycles. The zero-order chi connectivity index (χ0) is 9.26. The molecule has 2 heterocycles. The summed E-state index contributed by atoms with van der Waals surface area (Å²) in [6, 6.07) is 1.67. The molecule has 13 heavy (non-hydrogen) atoms. The summed E-state index contributed by atoms with van der Waals surface area (Å²) in [5.41, 5.74) is 0.547. The summed E-state index contributed by atoms with van der Waals surface area (Å²) >= 11 is 1.09. The van der Waals surface area contributed by atoms with Crippen molar-refractivity contribution in [1.29, 1.82) is 0 Å². The molecule has 6 heteroatoms. The van der Waals surface area contributed by atoms with Gasteiger partial charge in [-0.3, -0.25) is 9.48 Å². The zero-order valence-corrected chi connectivity index (χ0v) is 7.65.